The van der Waals surface area contributed by atoms with Crippen LogP contribution in [0.25, 0.3) is 11.4 Å². The van der Waals surface area contributed by atoms with Crippen LogP contribution in [0.15, 0.2) is 53.9 Å². The van der Waals surface area contributed by atoms with Crippen LogP contribution in [0, 0.1) is 0 Å². The lowest BCUT2D eigenvalue weighted by atomic mass is 10.2. The van der Waals surface area contributed by atoms with Gasteiger partial charge in [-0.3, -0.25) is 4.98 Å². The standard InChI is InChI=1S/C15H13ClN4S/c1-20-14(12-3-2-8-17-9-12)18-19-15(20)21-10-11-4-6-13(16)7-5-11/h2-9H,10H2,1H3. The number of aromatic nitrogens is 4. The Labute approximate surface area is 132 Å². The maximum atomic E-state index is 5.89. The van der Waals surface area contributed by atoms with E-state index >= 15 is 0 Å². The summed E-state index contributed by atoms with van der Waals surface area (Å²) >= 11 is 7.53. The zero-order chi connectivity index (χ0) is 14.7. The number of halogens is 1. The van der Waals surface area contributed by atoms with E-state index in [0.29, 0.717) is 0 Å². The van der Waals surface area contributed by atoms with Crippen molar-refractivity contribution in [3.8, 4) is 11.4 Å². The first kappa shape index (κ1) is 14.1. The fraction of sp³-hybridized carbons (Fsp3) is 0.133. The molecule has 3 aromatic rings. The molecule has 0 fully saturated rings. The van der Waals surface area contributed by atoms with Gasteiger partial charge in [0.25, 0.3) is 0 Å². The van der Waals surface area contributed by atoms with Crippen molar-refractivity contribution in [1.29, 1.82) is 0 Å². The molecule has 0 amide bonds. The van der Waals surface area contributed by atoms with Crippen LogP contribution in [-0.4, -0.2) is 19.7 Å². The number of hydrogen-bond donors (Lipinski definition) is 0. The number of benzene rings is 1. The summed E-state index contributed by atoms with van der Waals surface area (Å²) in [5.74, 6) is 1.65. The van der Waals surface area contributed by atoms with Crippen LogP contribution in [0.3, 0.4) is 0 Å². The maximum absolute atomic E-state index is 5.89. The highest BCUT2D eigenvalue weighted by molar-refractivity contribution is 7.98. The lowest BCUT2D eigenvalue weighted by Gasteiger charge is -2.04. The monoisotopic (exact) mass is 316 g/mol. The minimum absolute atomic E-state index is 0.751. The Kier molecular flexibility index (Phi) is 4.22. The molecule has 0 N–H and O–H groups in total. The molecule has 0 aliphatic carbocycles. The van der Waals surface area contributed by atoms with Gasteiger partial charge in [-0.25, -0.2) is 0 Å². The van der Waals surface area contributed by atoms with Gasteiger partial charge >= 0.3 is 0 Å². The number of thioether (sulfide) groups is 1. The Morgan fingerprint density at radius 1 is 1.14 bits per heavy atom. The van der Waals surface area contributed by atoms with Gasteiger partial charge in [-0.05, 0) is 29.8 Å². The second-order valence-corrected chi connectivity index (χ2v) is 5.90. The largest absolute Gasteiger partial charge is 0.305 e. The van der Waals surface area contributed by atoms with Gasteiger partial charge in [0, 0.05) is 35.8 Å². The van der Waals surface area contributed by atoms with E-state index in [1.807, 2.05) is 48.0 Å². The fourth-order valence-electron chi connectivity index (χ4n) is 1.92. The van der Waals surface area contributed by atoms with Crippen molar-refractivity contribution in [3.63, 3.8) is 0 Å². The molecule has 0 aliphatic heterocycles. The van der Waals surface area contributed by atoms with Crippen molar-refractivity contribution in [3.05, 3.63) is 59.4 Å². The van der Waals surface area contributed by atoms with Gasteiger partial charge in [-0.1, -0.05) is 35.5 Å². The van der Waals surface area contributed by atoms with Crippen LogP contribution in [0.2, 0.25) is 5.02 Å². The molecule has 1 aromatic carbocycles. The van der Waals surface area contributed by atoms with E-state index in [1.54, 1.807) is 24.2 Å². The third-order valence-electron chi connectivity index (χ3n) is 3.04. The van der Waals surface area contributed by atoms with E-state index in [0.717, 1.165) is 27.3 Å². The molecule has 6 heteroatoms. The summed E-state index contributed by atoms with van der Waals surface area (Å²) in [5, 5.41) is 10.1. The molecule has 21 heavy (non-hydrogen) atoms. The van der Waals surface area contributed by atoms with Gasteiger partial charge in [-0.15, -0.1) is 10.2 Å². The summed E-state index contributed by atoms with van der Waals surface area (Å²) in [5.41, 5.74) is 2.17. The minimum atomic E-state index is 0.751. The maximum Gasteiger partial charge on any atom is 0.191 e. The highest BCUT2D eigenvalue weighted by Gasteiger charge is 2.11. The highest BCUT2D eigenvalue weighted by atomic mass is 35.5. The van der Waals surface area contributed by atoms with Crippen molar-refractivity contribution >= 4 is 23.4 Å². The Balaban J connectivity index is 1.75. The van der Waals surface area contributed by atoms with E-state index in [9.17, 15) is 0 Å². The molecule has 0 saturated carbocycles. The lowest BCUT2D eigenvalue weighted by molar-refractivity contribution is 0.793. The summed E-state index contributed by atoms with van der Waals surface area (Å²) in [4.78, 5) is 4.11. The summed E-state index contributed by atoms with van der Waals surface area (Å²) < 4.78 is 1.98. The molecule has 0 aliphatic rings. The number of rotatable bonds is 4. The van der Waals surface area contributed by atoms with Crippen molar-refractivity contribution in [2.24, 2.45) is 7.05 Å². The normalized spacial score (nSPS) is 10.8. The molecular weight excluding hydrogens is 304 g/mol. The molecule has 0 bridgehead atoms. The quantitative estimate of drug-likeness (QED) is 0.686. The molecule has 2 heterocycles. The summed E-state index contributed by atoms with van der Waals surface area (Å²) in [6.07, 6.45) is 3.54. The van der Waals surface area contributed by atoms with Gasteiger partial charge < -0.3 is 4.57 Å². The van der Waals surface area contributed by atoms with E-state index in [2.05, 4.69) is 15.2 Å². The molecule has 0 spiro atoms. The Bertz CT molecular complexity index is 725. The average Bonchev–Trinajstić information content (AvgIpc) is 2.89. The van der Waals surface area contributed by atoms with Crippen LogP contribution in [-0.2, 0) is 12.8 Å². The zero-order valence-corrected chi connectivity index (χ0v) is 13.0. The third-order valence-corrected chi connectivity index (χ3v) is 4.38. The van der Waals surface area contributed by atoms with Gasteiger partial charge in [0.1, 0.15) is 0 Å². The smallest absolute Gasteiger partial charge is 0.191 e. The molecule has 0 radical (unpaired) electrons. The van der Waals surface area contributed by atoms with Crippen LogP contribution < -0.4 is 0 Å². The van der Waals surface area contributed by atoms with Gasteiger partial charge in [-0.2, -0.15) is 0 Å². The Hall–Kier alpha value is -1.85. The second kappa shape index (κ2) is 6.28. The first-order valence-electron chi connectivity index (χ1n) is 6.41. The Morgan fingerprint density at radius 3 is 2.67 bits per heavy atom. The van der Waals surface area contributed by atoms with Crippen molar-refractivity contribution in [2.75, 3.05) is 0 Å². The van der Waals surface area contributed by atoms with Gasteiger partial charge in [0.05, 0.1) is 0 Å². The minimum Gasteiger partial charge on any atom is -0.305 e. The van der Waals surface area contributed by atoms with Gasteiger partial charge in [0.15, 0.2) is 11.0 Å². The highest BCUT2D eigenvalue weighted by Crippen LogP contribution is 2.25. The molecule has 0 atom stereocenters. The second-order valence-electron chi connectivity index (χ2n) is 4.52. The predicted octanol–water partition coefficient (Wildman–Crippen LogP) is 3.82. The van der Waals surface area contributed by atoms with Crippen LogP contribution in [0.4, 0.5) is 0 Å². The van der Waals surface area contributed by atoms with E-state index in [4.69, 9.17) is 11.6 Å². The van der Waals surface area contributed by atoms with E-state index in [1.165, 1.54) is 5.56 Å². The fourth-order valence-corrected chi connectivity index (χ4v) is 2.91. The van der Waals surface area contributed by atoms with E-state index in [-0.39, 0.29) is 0 Å². The topological polar surface area (TPSA) is 43.6 Å². The number of nitrogens with zero attached hydrogens (tertiary/aromatic N) is 4. The molecule has 106 valence electrons. The number of hydrogen-bond acceptors (Lipinski definition) is 4. The lowest BCUT2D eigenvalue weighted by Crippen LogP contribution is -1.95. The molecular formula is C15H13ClN4S. The SMILES string of the molecule is Cn1c(SCc2ccc(Cl)cc2)nnc1-c1cccnc1. The van der Waals surface area contributed by atoms with Crippen LogP contribution >= 0.6 is 23.4 Å². The van der Waals surface area contributed by atoms with Crippen molar-refractivity contribution in [1.82, 2.24) is 19.7 Å². The average molecular weight is 317 g/mol. The molecule has 0 saturated heterocycles. The molecule has 4 nitrogen and oxygen atoms in total. The van der Waals surface area contributed by atoms with Crippen molar-refractivity contribution < 1.29 is 0 Å². The van der Waals surface area contributed by atoms with Crippen LogP contribution in [0.5, 0.6) is 0 Å². The Morgan fingerprint density at radius 2 is 1.95 bits per heavy atom. The summed E-state index contributed by atoms with van der Waals surface area (Å²) in [7, 11) is 1.96. The van der Waals surface area contributed by atoms with Crippen LogP contribution in [0.1, 0.15) is 5.56 Å². The number of pyridine rings is 1. The molecule has 2 aromatic heterocycles. The predicted molar refractivity (Wildman–Crippen MR) is 85.2 cm³/mol. The van der Waals surface area contributed by atoms with Crippen molar-refractivity contribution in [2.45, 2.75) is 10.9 Å². The first-order valence-corrected chi connectivity index (χ1v) is 7.77. The summed E-state index contributed by atoms with van der Waals surface area (Å²) in [6.45, 7) is 0. The first-order chi connectivity index (χ1) is 10.2. The molecule has 0 unspecified atom stereocenters. The molecule has 3 rings (SSSR count). The zero-order valence-electron chi connectivity index (χ0n) is 11.4. The van der Waals surface area contributed by atoms with E-state index < -0.39 is 0 Å². The summed E-state index contributed by atoms with van der Waals surface area (Å²) in [6, 6.07) is 11.7. The third kappa shape index (κ3) is 3.25. The van der Waals surface area contributed by atoms with Gasteiger partial charge in [0.2, 0.25) is 0 Å².